The molecule has 1 saturated heterocycles. The van der Waals surface area contributed by atoms with E-state index < -0.39 is 0 Å². The molecule has 0 atom stereocenters. The molecule has 0 aliphatic carbocycles. The molecule has 0 bridgehead atoms. The highest BCUT2D eigenvalue weighted by molar-refractivity contribution is 6.30. The molecule has 2 aromatic carbocycles. The van der Waals surface area contributed by atoms with Crippen molar-refractivity contribution < 1.29 is 14.3 Å². The van der Waals surface area contributed by atoms with Gasteiger partial charge in [-0.2, -0.15) is 0 Å². The molecular weight excluding hydrogens is 378 g/mol. The first kappa shape index (κ1) is 20.0. The minimum absolute atomic E-state index is 0.0244. The molecule has 0 spiro atoms. The second-order valence-corrected chi connectivity index (χ2v) is 7.06. The van der Waals surface area contributed by atoms with Gasteiger partial charge in [-0.05, 0) is 48.4 Å². The van der Waals surface area contributed by atoms with Crippen molar-refractivity contribution in [2.24, 2.45) is 0 Å². The summed E-state index contributed by atoms with van der Waals surface area (Å²) in [5.74, 6) is 0.694. The highest BCUT2D eigenvalue weighted by atomic mass is 35.5. The first-order chi connectivity index (χ1) is 13.6. The predicted molar refractivity (Wildman–Crippen MR) is 109 cm³/mol. The Balaban J connectivity index is 1.43. The van der Waals surface area contributed by atoms with Gasteiger partial charge in [-0.3, -0.25) is 4.79 Å². The number of nitrogens with one attached hydrogen (secondary N) is 1. The van der Waals surface area contributed by atoms with Crippen molar-refractivity contribution in [3.05, 3.63) is 64.7 Å². The lowest BCUT2D eigenvalue weighted by Gasteiger charge is -2.34. The minimum Gasteiger partial charge on any atom is -0.497 e. The molecule has 0 aromatic heterocycles. The van der Waals surface area contributed by atoms with E-state index in [2.05, 4.69) is 5.32 Å². The van der Waals surface area contributed by atoms with Gasteiger partial charge in [-0.25, -0.2) is 4.79 Å². The molecule has 1 fully saturated rings. The van der Waals surface area contributed by atoms with E-state index in [0.29, 0.717) is 43.3 Å². The zero-order chi connectivity index (χ0) is 19.9. The fourth-order valence-electron chi connectivity index (χ4n) is 3.15. The maximum Gasteiger partial charge on any atom is 0.317 e. The normalized spacial score (nSPS) is 13.9. The number of halogens is 1. The van der Waals surface area contributed by atoms with Crippen molar-refractivity contribution in [3.8, 4) is 5.75 Å². The summed E-state index contributed by atoms with van der Waals surface area (Å²) in [4.78, 5) is 28.5. The van der Waals surface area contributed by atoms with Gasteiger partial charge in [0.2, 0.25) is 0 Å². The van der Waals surface area contributed by atoms with E-state index in [1.54, 1.807) is 41.2 Å². The van der Waals surface area contributed by atoms with Gasteiger partial charge in [0, 0.05) is 43.3 Å². The van der Waals surface area contributed by atoms with Crippen LogP contribution in [0.3, 0.4) is 0 Å². The second kappa shape index (κ2) is 9.46. The van der Waals surface area contributed by atoms with Crippen LogP contribution in [0, 0.1) is 0 Å². The zero-order valence-corrected chi connectivity index (χ0v) is 16.6. The van der Waals surface area contributed by atoms with Gasteiger partial charge in [-0.15, -0.1) is 0 Å². The zero-order valence-electron chi connectivity index (χ0n) is 15.9. The Morgan fingerprint density at radius 3 is 2.36 bits per heavy atom. The van der Waals surface area contributed by atoms with E-state index >= 15 is 0 Å². The number of benzene rings is 2. The minimum atomic E-state index is -0.0985. The molecule has 28 heavy (non-hydrogen) atoms. The Kier molecular flexibility index (Phi) is 6.76. The number of nitrogens with zero attached hydrogens (tertiary/aromatic N) is 2. The van der Waals surface area contributed by atoms with Crippen LogP contribution in [-0.4, -0.2) is 61.6 Å². The van der Waals surface area contributed by atoms with Gasteiger partial charge in [-0.1, -0.05) is 23.7 Å². The van der Waals surface area contributed by atoms with Gasteiger partial charge >= 0.3 is 6.03 Å². The molecule has 3 amide bonds. The number of ether oxygens (including phenoxy) is 1. The largest absolute Gasteiger partial charge is 0.497 e. The fraction of sp³-hybridized carbons (Fsp3) is 0.333. The van der Waals surface area contributed by atoms with Crippen LogP contribution in [0.4, 0.5) is 4.79 Å². The molecular formula is C21H24ClN3O3. The Bertz CT molecular complexity index is 818. The van der Waals surface area contributed by atoms with E-state index in [-0.39, 0.29) is 11.9 Å². The van der Waals surface area contributed by atoms with Gasteiger partial charge in [0.15, 0.2) is 0 Å². The summed E-state index contributed by atoms with van der Waals surface area (Å²) in [7, 11) is 1.59. The SMILES string of the molecule is COc1ccc(C(=O)N2CCN(C(=O)NCCc3cccc(Cl)c3)CC2)cc1. The maximum absolute atomic E-state index is 12.6. The van der Waals surface area contributed by atoms with Crippen LogP contribution in [0.15, 0.2) is 48.5 Å². The van der Waals surface area contributed by atoms with E-state index in [1.807, 2.05) is 24.3 Å². The van der Waals surface area contributed by atoms with Gasteiger partial charge in [0.1, 0.15) is 5.75 Å². The average Bonchev–Trinajstić information content (AvgIpc) is 2.73. The number of amides is 3. The van der Waals surface area contributed by atoms with E-state index in [1.165, 1.54) is 0 Å². The fourth-order valence-corrected chi connectivity index (χ4v) is 3.36. The van der Waals surface area contributed by atoms with Crippen molar-refractivity contribution >= 4 is 23.5 Å². The molecule has 1 N–H and O–H groups in total. The lowest BCUT2D eigenvalue weighted by Crippen LogP contribution is -2.53. The molecule has 0 radical (unpaired) electrons. The maximum atomic E-state index is 12.6. The number of methoxy groups -OCH3 is 1. The number of hydrogen-bond donors (Lipinski definition) is 1. The molecule has 2 aromatic rings. The average molecular weight is 402 g/mol. The smallest absolute Gasteiger partial charge is 0.317 e. The summed E-state index contributed by atoms with van der Waals surface area (Å²) in [5, 5.41) is 3.63. The van der Waals surface area contributed by atoms with Crippen molar-refractivity contribution in [2.75, 3.05) is 39.8 Å². The van der Waals surface area contributed by atoms with E-state index in [0.717, 1.165) is 17.7 Å². The predicted octanol–water partition coefficient (Wildman–Crippen LogP) is 3.06. The number of hydrogen-bond acceptors (Lipinski definition) is 3. The highest BCUT2D eigenvalue weighted by Crippen LogP contribution is 2.14. The number of carbonyl (C=O) groups excluding carboxylic acids is 2. The Morgan fingerprint density at radius 1 is 1.04 bits per heavy atom. The third kappa shape index (κ3) is 5.16. The molecule has 148 valence electrons. The third-order valence-electron chi connectivity index (χ3n) is 4.77. The molecule has 3 rings (SSSR count). The first-order valence-corrected chi connectivity index (χ1v) is 9.65. The lowest BCUT2D eigenvalue weighted by molar-refractivity contribution is 0.0665. The van der Waals surface area contributed by atoms with Crippen molar-refractivity contribution in [3.63, 3.8) is 0 Å². The number of urea groups is 1. The second-order valence-electron chi connectivity index (χ2n) is 6.62. The van der Waals surface area contributed by atoms with Crippen LogP contribution >= 0.6 is 11.6 Å². The van der Waals surface area contributed by atoms with Gasteiger partial charge in [0.25, 0.3) is 5.91 Å². The molecule has 6 nitrogen and oxygen atoms in total. The molecule has 0 unspecified atom stereocenters. The van der Waals surface area contributed by atoms with Crippen LogP contribution in [0.5, 0.6) is 5.75 Å². The van der Waals surface area contributed by atoms with Crippen LogP contribution in [0.25, 0.3) is 0 Å². The first-order valence-electron chi connectivity index (χ1n) is 9.27. The Hall–Kier alpha value is -2.73. The van der Waals surface area contributed by atoms with Crippen LogP contribution in [0.1, 0.15) is 15.9 Å². The standard InChI is InChI=1S/C21H24ClN3O3/c1-28-19-7-5-17(6-8-19)20(26)24-11-13-25(14-12-24)21(27)23-10-9-16-3-2-4-18(22)15-16/h2-8,15H,9-14H2,1H3,(H,23,27). The number of carbonyl (C=O) groups is 2. The highest BCUT2D eigenvalue weighted by Gasteiger charge is 2.24. The Morgan fingerprint density at radius 2 is 1.71 bits per heavy atom. The monoisotopic (exact) mass is 401 g/mol. The summed E-state index contributed by atoms with van der Waals surface area (Å²) in [6.07, 6.45) is 0.724. The molecule has 7 heteroatoms. The summed E-state index contributed by atoms with van der Waals surface area (Å²) >= 11 is 5.97. The topological polar surface area (TPSA) is 61.9 Å². The van der Waals surface area contributed by atoms with Crippen LogP contribution < -0.4 is 10.1 Å². The summed E-state index contributed by atoms with van der Waals surface area (Å²) in [5.41, 5.74) is 1.71. The quantitative estimate of drug-likeness (QED) is 0.837. The van der Waals surface area contributed by atoms with Crippen molar-refractivity contribution in [1.82, 2.24) is 15.1 Å². The van der Waals surface area contributed by atoms with Crippen LogP contribution in [-0.2, 0) is 6.42 Å². The van der Waals surface area contributed by atoms with E-state index in [4.69, 9.17) is 16.3 Å². The summed E-state index contributed by atoms with van der Waals surface area (Å²) < 4.78 is 5.12. The van der Waals surface area contributed by atoms with Gasteiger partial charge in [0.05, 0.1) is 7.11 Å². The summed E-state index contributed by atoms with van der Waals surface area (Å²) in [6, 6.07) is 14.6. The summed E-state index contributed by atoms with van der Waals surface area (Å²) in [6.45, 7) is 2.62. The molecule has 1 heterocycles. The Labute approximate surface area is 170 Å². The van der Waals surface area contributed by atoms with Crippen molar-refractivity contribution in [1.29, 1.82) is 0 Å². The van der Waals surface area contributed by atoms with Gasteiger partial charge < -0.3 is 19.9 Å². The van der Waals surface area contributed by atoms with E-state index in [9.17, 15) is 9.59 Å². The van der Waals surface area contributed by atoms with Crippen molar-refractivity contribution in [2.45, 2.75) is 6.42 Å². The number of piperazine rings is 1. The van der Waals surface area contributed by atoms with Crippen LogP contribution in [0.2, 0.25) is 5.02 Å². The molecule has 0 saturated carbocycles. The number of rotatable bonds is 5. The molecule has 1 aliphatic rings. The lowest BCUT2D eigenvalue weighted by atomic mass is 10.1. The molecule has 1 aliphatic heterocycles. The third-order valence-corrected chi connectivity index (χ3v) is 5.01.